The molecule has 3 fully saturated rings. The van der Waals surface area contributed by atoms with E-state index in [-0.39, 0.29) is 5.43 Å². The molecule has 0 radical (unpaired) electrons. The second-order valence-corrected chi connectivity index (χ2v) is 9.04. The molecule has 1 aromatic carbocycles. The molecule has 0 amide bonds. The number of rotatable bonds is 1. The molecule has 4 aliphatic heterocycles. The van der Waals surface area contributed by atoms with Crippen LogP contribution in [0, 0.1) is 11.8 Å². The van der Waals surface area contributed by atoms with Gasteiger partial charge in [-0.3, -0.25) is 9.69 Å². The summed E-state index contributed by atoms with van der Waals surface area (Å²) in [7, 11) is 1.62. The van der Waals surface area contributed by atoms with Gasteiger partial charge in [0, 0.05) is 18.6 Å². The van der Waals surface area contributed by atoms with Crippen molar-refractivity contribution in [3.8, 4) is 5.75 Å². The second-order valence-electron chi connectivity index (χ2n) is 9.04. The Morgan fingerprint density at radius 3 is 2.86 bits per heavy atom. The highest BCUT2D eigenvalue weighted by Gasteiger charge is 2.50. The number of piperidine rings is 3. The van der Waals surface area contributed by atoms with Crippen LogP contribution in [0.1, 0.15) is 37.7 Å². The Morgan fingerprint density at radius 2 is 2.00 bits per heavy atom. The van der Waals surface area contributed by atoms with Crippen LogP contribution in [0.25, 0.3) is 11.0 Å². The standard InChI is InChI=1S/C23H28N2O3/c1-27-18-7-2-8-19-20(18)22(26)16-9-10-17-15-6-4-12-24-11-3-5-14(21(15)24)13-25(17)23(16)28-19/h2,7-8,14-15,17,21H,3-6,9-13H2,1H3/t14-,15+,17+,21-/m0/s1. The Balaban J connectivity index is 1.48. The summed E-state index contributed by atoms with van der Waals surface area (Å²) in [6.07, 6.45) is 7.13. The van der Waals surface area contributed by atoms with Crippen LogP contribution in [0.4, 0.5) is 5.88 Å². The predicted molar refractivity (Wildman–Crippen MR) is 109 cm³/mol. The average molecular weight is 380 g/mol. The molecular formula is C23H28N2O3. The lowest BCUT2D eigenvalue weighted by Gasteiger charge is -2.58. The topological polar surface area (TPSA) is 45.9 Å². The van der Waals surface area contributed by atoms with Gasteiger partial charge in [-0.1, -0.05) is 6.07 Å². The Morgan fingerprint density at radius 1 is 1.14 bits per heavy atom. The third kappa shape index (κ3) is 2.25. The van der Waals surface area contributed by atoms with Crippen LogP contribution in [-0.2, 0) is 6.42 Å². The average Bonchev–Trinajstić information content (AvgIpc) is 2.74. The van der Waals surface area contributed by atoms with Crippen molar-refractivity contribution in [1.82, 2.24) is 4.90 Å². The minimum atomic E-state index is 0.100. The van der Waals surface area contributed by atoms with Gasteiger partial charge in [-0.2, -0.15) is 0 Å². The van der Waals surface area contributed by atoms with Gasteiger partial charge in [0.1, 0.15) is 16.7 Å². The van der Waals surface area contributed by atoms with Crippen molar-refractivity contribution in [2.45, 2.75) is 50.6 Å². The molecule has 4 aliphatic rings. The summed E-state index contributed by atoms with van der Waals surface area (Å²) in [6, 6.07) is 6.92. The fourth-order valence-corrected chi connectivity index (χ4v) is 6.75. The maximum atomic E-state index is 13.3. The molecular weight excluding hydrogens is 352 g/mol. The van der Waals surface area contributed by atoms with Gasteiger partial charge >= 0.3 is 0 Å². The molecule has 5 heterocycles. The normalized spacial score (nSPS) is 31.8. The maximum Gasteiger partial charge on any atom is 0.203 e. The van der Waals surface area contributed by atoms with Crippen LogP contribution in [-0.4, -0.2) is 43.7 Å². The Bertz CT molecular complexity index is 982. The quantitative estimate of drug-likeness (QED) is 0.759. The molecule has 0 N–H and O–H groups in total. The number of benzene rings is 1. The SMILES string of the molecule is COc1cccc2oc3c(c(=O)c12)CC[C@@H]1[C@H]2CCCN4CCC[C@@H](CN31)[C@@H]24. The van der Waals surface area contributed by atoms with Gasteiger partial charge < -0.3 is 14.1 Å². The number of hydrogen-bond acceptors (Lipinski definition) is 5. The molecule has 6 rings (SSSR count). The molecule has 1 aromatic heterocycles. The Labute approximate surface area is 165 Å². The molecule has 2 aromatic rings. The Kier molecular flexibility index (Phi) is 3.77. The van der Waals surface area contributed by atoms with E-state index in [1.165, 1.54) is 38.8 Å². The van der Waals surface area contributed by atoms with Crippen molar-refractivity contribution < 1.29 is 9.15 Å². The second kappa shape index (κ2) is 6.24. The lowest BCUT2D eigenvalue weighted by atomic mass is 9.68. The van der Waals surface area contributed by atoms with Crippen LogP contribution >= 0.6 is 0 Å². The molecule has 0 saturated carbocycles. The zero-order valence-corrected chi connectivity index (χ0v) is 16.5. The first kappa shape index (κ1) is 16.9. The highest BCUT2D eigenvalue weighted by molar-refractivity contribution is 5.85. The number of ether oxygens (including phenoxy) is 1. The van der Waals surface area contributed by atoms with E-state index in [4.69, 9.17) is 9.15 Å². The van der Waals surface area contributed by atoms with Gasteiger partial charge in [-0.15, -0.1) is 0 Å². The number of anilines is 1. The van der Waals surface area contributed by atoms with Crippen LogP contribution in [0.3, 0.4) is 0 Å². The summed E-state index contributed by atoms with van der Waals surface area (Å²) >= 11 is 0. The number of hydrogen-bond donors (Lipinski definition) is 0. The molecule has 5 nitrogen and oxygen atoms in total. The van der Waals surface area contributed by atoms with E-state index < -0.39 is 0 Å². The van der Waals surface area contributed by atoms with Crippen LogP contribution < -0.4 is 15.1 Å². The van der Waals surface area contributed by atoms with E-state index in [2.05, 4.69) is 9.80 Å². The van der Waals surface area contributed by atoms with Crippen LogP contribution in [0.2, 0.25) is 0 Å². The summed E-state index contributed by atoms with van der Waals surface area (Å²) in [6.45, 7) is 3.59. The third-order valence-corrected chi connectivity index (χ3v) is 7.80. The number of methoxy groups -OCH3 is 1. The van der Waals surface area contributed by atoms with Gasteiger partial charge in [-0.05, 0) is 75.6 Å². The Hall–Kier alpha value is -2.01. The van der Waals surface area contributed by atoms with E-state index in [1.807, 2.05) is 18.2 Å². The number of nitrogens with zero attached hydrogens (tertiary/aromatic N) is 2. The monoisotopic (exact) mass is 380 g/mol. The highest BCUT2D eigenvalue weighted by Crippen LogP contribution is 2.47. The van der Waals surface area contributed by atoms with Crippen molar-refractivity contribution in [3.63, 3.8) is 0 Å². The predicted octanol–water partition coefficient (Wildman–Crippen LogP) is 3.43. The molecule has 0 bridgehead atoms. The largest absolute Gasteiger partial charge is 0.496 e. The van der Waals surface area contributed by atoms with E-state index in [9.17, 15) is 4.79 Å². The summed E-state index contributed by atoms with van der Waals surface area (Å²) in [5, 5.41) is 0.596. The molecule has 0 unspecified atom stereocenters. The molecule has 0 aliphatic carbocycles. The van der Waals surface area contributed by atoms with Crippen molar-refractivity contribution >= 4 is 16.9 Å². The van der Waals surface area contributed by atoms with Crippen molar-refractivity contribution in [3.05, 3.63) is 34.0 Å². The smallest absolute Gasteiger partial charge is 0.203 e. The molecule has 28 heavy (non-hydrogen) atoms. The zero-order chi connectivity index (χ0) is 18.8. The first-order valence-electron chi connectivity index (χ1n) is 10.9. The summed E-state index contributed by atoms with van der Waals surface area (Å²) in [5.41, 5.74) is 1.61. The summed E-state index contributed by atoms with van der Waals surface area (Å²) in [4.78, 5) is 18.6. The van der Waals surface area contributed by atoms with Gasteiger partial charge in [0.05, 0.1) is 12.7 Å². The van der Waals surface area contributed by atoms with E-state index in [0.29, 0.717) is 34.6 Å². The lowest BCUT2D eigenvalue weighted by molar-refractivity contribution is -0.0152. The first-order chi connectivity index (χ1) is 13.8. The van der Waals surface area contributed by atoms with Crippen molar-refractivity contribution in [2.75, 3.05) is 31.6 Å². The fourth-order valence-electron chi connectivity index (χ4n) is 6.75. The molecule has 4 atom stereocenters. The van der Waals surface area contributed by atoms with Crippen LogP contribution in [0.15, 0.2) is 27.4 Å². The zero-order valence-electron chi connectivity index (χ0n) is 16.5. The van der Waals surface area contributed by atoms with E-state index >= 15 is 0 Å². The molecule has 5 heteroatoms. The maximum absolute atomic E-state index is 13.3. The summed E-state index contributed by atoms with van der Waals surface area (Å²) in [5.74, 6) is 2.88. The van der Waals surface area contributed by atoms with E-state index in [1.54, 1.807) is 7.11 Å². The number of fused-ring (bicyclic) bond motifs is 5. The minimum absolute atomic E-state index is 0.100. The lowest BCUT2D eigenvalue weighted by Crippen LogP contribution is -2.65. The first-order valence-corrected chi connectivity index (χ1v) is 10.9. The fraction of sp³-hybridized carbons (Fsp3) is 0.609. The van der Waals surface area contributed by atoms with Crippen molar-refractivity contribution in [1.29, 1.82) is 0 Å². The highest BCUT2D eigenvalue weighted by atomic mass is 16.5. The van der Waals surface area contributed by atoms with Gasteiger partial charge in [0.15, 0.2) is 0 Å². The third-order valence-electron chi connectivity index (χ3n) is 7.80. The summed E-state index contributed by atoms with van der Waals surface area (Å²) < 4.78 is 11.9. The van der Waals surface area contributed by atoms with Crippen molar-refractivity contribution in [2.24, 2.45) is 11.8 Å². The van der Waals surface area contributed by atoms with E-state index in [0.717, 1.165) is 36.9 Å². The molecule has 3 saturated heterocycles. The van der Waals surface area contributed by atoms with Gasteiger partial charge in [0.25, 0.3) is 0 Å². The molecule has 148 valence electrons. The van der Waals surface area contributed by atoms with Crippen LogP contribution in [0.5, 0.6) is 5.75 Å². The minimum Gasteiger partial charge on any atom is -0.496 e. The van der Waals surface area contributed by atoms with Gasteiger partial charge in [-0.25, -0.2) is 0 Å². The molecule has 0 spiro atoms. The van der Waals surface area contributed by atoms with Gasteiger partial charge in [0.2, 0.25) is 11.3 Å².